The number of hydrogen-bond donors (Lipinski definition) is 2. The maximum atomic E-state index is 12.8. The highest BCUT2D eigenvalue weighted by molar-refractivity contribution is 7.89. The lowest BCUT2D eigenvalue weighted by molar-refractivity contribution is 0.0948. The molecule has 0 unspecified atom stereocenters. The van der Waals surface area contributed by atoms with E-state index in [1.165, 1.54) is 29.8 Å². The zero-order valence-corrected chi connectivity index (χ0v) is 18.9. The van der Waals surface area contributed by atoms with E-state index in [1.807, 2.05) is 37.3 Å². The molecule has 2 aromatic carbocycles. The van der Waals surface area contributed by atoms with Crippen molar-refractivity contribution in [1.29, 1.82) is 0 Å². The molecule has 0 aliphatic carbocycles. The van der Waals surface area contributed by atoms with Crippen LogP contribution in [0.5, 0.6) is 5.75 Å². The maximum Gasteiger partial charge on any atom is 0.271 e. The number of aromatic nitrogens is 1. The lowest BCUT2D eigenvalue weighted by Gasteiger charge is -2.18. The van der Waals surface area contributed by atoms with E-state index in [0.717, 1.165) is 11.1 Å². The molecule has 8 nitrogen and oxygen atoms in total. The van der Waals surface area contributed by atoms with Crippen molar-refractivity contribution in [3.63, 3.8) is 0 Å². The zero-order chi connectivity index (χ0) is 23.3. The molecule has 1 amide bonds. The summed E-state index contributed by atoms with van der Waals surface area (Å²) in [6.07, 6.45) is 0. The third-order valence-electron chi connectivity index (χ3n) is 4.95. The molecule has 1 aromatic heterocycles. The second kappa shape index (κ2) is 9.80. The Labute approximate surface area is 186 Å². The Morgan fingerprint density at radius 3 is 2.34 bits per heavy atom. The molecular weight excluding hydrogens is 430 g/mol. The van der Waals surface area contributed by atoms with E-state index in [-0.39, 0.29) is 29.5 Å². The van der Waals surface area contributed by atoms with Gasteiger partial charge in [0.25, 0.3) is 5.91 Å². The van der Waals surface area contributed by atoms with E-state index in [1.54, 1.807) is 19.2 Å². The summed E-state index contributed by atoms with van der Waals surface area (Å²) in [6.45, 7) is 1.80. The van der Waals surface area contributed by atoms with Crippen LogP contribution < -0.4 is 20.2 Å². The van der Waals surface area contributed by atoms with E-state index in [0.29, 0.717) is 5.69 Å². The van der Waals surface area contributed by atoms with Crippen LogP contribution in [0.25, 0.3) is 0 Å². The molecule has 0 atom stereocenters. The number of nitrogens with zero attached hydrogens (tertiary/aromatic N) is 1. The average molecular weight is 456 g/mol. The fraction of sp³-hybridized carbons (Fsp3) is 0.217. The van der Waals surface area contributed by atoms with Crippen molar-refractivity contribution < 1.29 is 17.9 Å². The number of sulfonamides is 1. The first-order chi connectivity index (χ1) is 15.2. The monoisotopic (exact) mass is 455 g/mol. The van der Waals surface area contributed by atoms with Crippen molar-refractivity contribution in [2.75, 3.05) is 7.05 Å². The highest BCUT2D eigenvalue weighted by Gasteiger charge is 2.22. The Morgan fingerprint density at radius 2 is 1.72 bits per heavy atom. The van der Waals surface area contributed by atoms with Crippen LogP contribution in [-0.4, -0.2) is 25.9 Å². The molecule has 0 fully saturated rings. The largest absolute Gasteiger partial charge is 0.483 e. The van der Waals surface area contributed by atoms with Gasteiger partial charge in [0.2, 0.25) is 15.5 Å². The second-order valence-electron chi connectivity index (χ2n) is 7.23. The third-order valence-corrected chi connectivity index (χ3v) is 6.36. The number of benzene rings is 2. The number of pyridine rings is 1. The Bertz CT molecular complexity index is 1270. The van der Waals surface area contributed by atoms with Gasteiger partial charge in [-0.25, -0.2) is 13.1 Å². The van der Waals surface area contributed by atoms with E-state index in [9.17, 15) is 18.0 Å². The minimum atomic E-state index is -3.80. The van der Waals surface area contributed by atoms with Gasteiger partial charge in [-0.1, -0.05) is 48.0 Å². The zero-order valence-electron chi connectivity index (χ0n) is 18.1. The Balaban J connectivity index is 1.90. The van der Waals surface area contributed by atoms with Gasteiger partial charge in [0.1, 0.15) is 6.61 Å². The predicted molar refractivity (Wildman–Crippen MR) is 121 cm³/mol. The van der Waals surface area contributed by atoms with Gasteiger partial charge in [-0.2, -0.15) is 0 Å². The van der Waals surface area contributed by atoms with Crippen molar-refractivity contribution in [3.8, 4) is 5.75 Å². The number of carbonyl (C=O) groups excluding carboxylic acids is 1. The highest BCUT2D eigenvalue weighted by atomic mass is 32.2. The molecule has 3 aromatic rings. The number of carbonyl (C=O) groups is 1. The third kappa shape index (κ3) is 5.24. The van der Waals surface area contributed by atoms with Crippen LogP contribution in [0.4, 0.5) is 0 Å². The Hall–Kier alpha value is -3.43. The lowest BCUT2D eigenvalue weighted by atomic mass is 10.2. The number of nitrogens with one attached hydrogen (secondary N) is 2. The molecule has 0 saturated carbocycles. The second-order valence-corrected chi connectivity index (χ2v) is 8.99. The number of hydrogen-bond acceptors (Lipinski definition) is 5. The normalized spacial score (nSPS) is 11.2. The summed E-state index contributed by atoms with van der Waals surface area (Å²) in [5.74, 6) is -0.614. The molecule has 3 rings (SSSR count). The predicted octanol–water partition coefficient (Wildman–Crippen LogP) is 2.11. The number of ether oxygens (including phenoxy) is 1. The molecule has 1 heterocycles. The first-order valence-electron chi connectivity index (χ1n) is 9.91. The number of amides is 1. The van der Waals surface area contributed by atoms with Gasteiger partial charge in [0.05, 0.1) is 11.4 Å². The van der Waals surface area contributed by atoms with Crippen molar-refractivity contribution in [3.05, 3.63) is 93.4 Å². The van der Waals surface area contributed by atoms with Gasteiger partial charge in [-0.15, -0.1) is 0 Å². The van der Waals surface area contributed by atoms with Crippen LogP contribution in [0, 0.1) is 6.92 Å². The minimum absolute atomic E-state index is 0.0143. The van der Waals surface area contributed by atoms with Crippen LogP contribution in [0.3, 0.4) is 0 Å². The molecule has 0 bridgehead atoms. The summed E-state index contributed by atoms with van der Waals surface area (Å²) in [6, 6.07) is 16.9. The summed E-state index contributed by atoms with van der Waals surface area (Å²) in [4.78, 5) is 25.4. The number of aryl methyl sites for hydroxylation is 1. The van der Waals surface area contributed by atoms with Gasteiger partial charge >= 0.3 is 0 Å². The van der Waals surface area contributed by atoms with Crippen LogP contribution in [0.2, 0.25) is 0 Å². The van der Waals surface area contributed by atoms with Gasteiger partial charge in [0.15, 0.2) is 11.4 Å². The van der Waals surface area contributed by atoms with Gasteiger partial charge < -0.3 is 14.6 Å². The van der Waals surface area contributed by atoms with Crippen LogP contribution >= 0.6 is 0 Å². The van der Waals surface area contributed by atoms with Crippen LogP contribution in [-0.2, 0) is 30.2 Å². The fourth-order valence-electron chi connectivity index (χ4n) is 3.11. The van der Waals surface area contributed by atoms with E-state index in [4.69, 9.17) is 4.74 Å². The first-order valence-corrected chi connectivity index (χ1v) is 11.4. The van der Waals surface area contributed by atoms with Gasteiger partial charge in [0, 0.05) is 25.9 Å². The topological polar surface area (TPSA) is 106 Å². The summed E-state index contributed by atoms with van der Waals surface area (Å²) in [5.41, 5.74) is 1.60. The lowest BCUT2D eigenvalue weighted by Crippen LogP contribution is -2.31. The maximum absolute atomic E-state index is 12.8. The minimum Gasteiger partial charge on any atom is -0.483 e. The molecule has 0 aliphatic rings. The smallest absolute Gasteiger partial charge is 0.271 e. The first kappa shape index (κ1) is 23.2. The number of rotatable bonds is 8. The standard InChI is InChI=1S/C23H25N3O5S/c1-16-9-11-19(12-10-16)32(29,30)25-14-18-13-20(27)22(21(26(18)3)23(28)24-2)31-15-17-7-5-4-6-8-17/h4-13,25H,14-15H2,1-3H3,(H,24,28). The van der Waals surface area contributed by atoms with E-state index >= 15 is 0 Å². The van der Waals surface area contributed by atoms with Crippen LogP contribution in [0.1, 0.15) is 27.3 Å². The van der Waals surface area contributed by atoms with Gasteiger partial charge in [-0.05, 0) is 24.6 Å². The molecule has 168 valence electrons. The van der Waals surface area contributed by atoms with Crippen molar-refractivity contribution in [1.82, 2.24) is 14.6 Å². The summed E-state index contributed by atoms with van der Waals surface area (Å²) in [7, 11) is -0.774. The van der Waals surface area contributed by atoms with Crippen molar-refractivity contribution >= 4 is 15.9 Å². The molecular formula is C23H25N3O5S. The SMILES string of the molecule is CNC(=O)c1c(OCc2ccccc2)c(=O)cc(CNS(=O)(=O)c2ccc(C)cc2)n1C. The molecule has 0 radical (unpaired) electrons. The van der Waals surface area contributed by atoms with Crippen molar-refractivity contribution in [2.45, 2.75) is 25.0 Å². The Kier molecular flexibility index (Phi) is 7.12. The average Bonchev–Trinajstić information content (AvgIpc) is 2.78. The van der Waals surface area contributed by atoms with Gasteiger partial charge in [-0.3, -0.25) is 9.59 Å². The molecule has 0 saturated heterocycles. The van der Waals surface area contributed by atoms with E-state index in [2.05, 4.69) is 10.0 Å². The van der Waals surface area contributed by atoms with E-state index < -0.39 is 21.4 Å². The molecule has 0 spiro atoms. The molecule has 9 heteroatoms. The van der Waals surface area contributed by atoms with Crippen molar-refractivity contribution in [2.24, 2.45) is 7.05 Å². The Morgan fingerprint density at radius 1 is 1.06 bits per heavy atom. The fourth-order valence-corrected chi connectivity index (χ4v) is 4.11. The summed E-state index contributed by atoms with van der Waals surface area (Å²) in [5, 5.41) is 2.50. The summed E-state index contributed by atoms with van der Waals surface area (Å²) < 4.78 is 34.9. The highest BCUT2D eigenvalue weighted by Crippen LogP contribution is 2.18. The molecule has 0 aliphatic heterocycles. The quantitative estimate of drug-likeness (QED) is 0.541. The van der Waals surface area contributed by atoms with Crippen LogP contribution in [0.15, 0.2) is 70.4 Å². The molecule has 2 N–H and O–H groups in total. The molecule has 32 heavy (non-hydrogen) atoms. The summed E-state index contributed by atoms with van der Waals surface area (Å²) >= 11 is 0.